The zero-order valence-corrected chi connectivity index (χ0v) is 48.2. The van der Waals surface area contributed by atoms with Gasteiger partial charge in [-0.3, -0.25) is 9.97 Å². The Morgan fingerprint density at radius 1 is 0.390 bits per heavy atom. The van der Waals surface area contributed by atoms with Crippen LogP contribution in [0.4, 0.5) is 11.6 Å². The molecule has 0 fully saturated rings. The zero-order valence-electron chi connectivity index (χ0n) is 45.2. The van der Waals surface area contributed by atoms with E-state index in [-0.39, 0.29) is 19.5 Å². The van der Waals surface area contributed by atoms with Crippen molar-refractivity contribution in [1.82, 2.24) is 29.1 Å². The molecule has 77 heavy (non-hydrogen) atoms. The van der Waals surface area contributed by atoms with Gasteiger partial charge in [-0.25, -0.2) is 0 Å². The second kappa shape index (κ2) is 22.5. The second-order valence-electron chi connectivity index (χ2n) is 20.8. The third-order valence-corrected chi connectivity index (χ3v) is 14.4. The van der Waals surface area contributed by atoms with Gasteiger partial charge in [-0.05, 0) is 123 Å². The molecule has 6 aromatic carbocycles. The fourth-order valence-corrected chi connectivity index (χ4v) is 10.8. The number of benzene rings is 6. The van der Waals surface area contributed by atoms with Crippen LogP contribution in [0.2, 0.25) is 0 Å². The quantitative estimate of drug-likeness (QED) is 0.128. The van der Waals surface area contributed by atoms with Crippen molar-refractivity contribution >= 4 is 55.2 Å². The standard InChI is InChI=1S/C34H22N5.C34H40N3.Zn/c1-3-11-23(12-4-1)38-29-17-9-7-15-25(29)27-19-33(35-21-31(27)38)37-34-20-28-26-16-8-10-18-30(26)39(32(28)22-36-34)24-13-5-2-6-14-24;1-21(2)27-11-9-12-28(22(3)4)33(27)25-15-17-35-31(19-25)37-32-20-26(16-18-36-32)34-29(23(5)6)13-10-14-30(34)24(7)8;/h1-22H;9-24H,1-8H3;/q2*-1;+2. The third kappa shape index (κ3) is 10.4. The maximum atomic E-state index is 4.89. The smallest absolute Gasteiger partial charge is 0.443 e. The number of pyridine rings is 4. The molecule has 0 bridgehead atoms. The first-order valence-electron chi connectivity index (χ1n) is 26.5. The molecule has 8 nitrogen and oxygen atoms in total. The largest absolute Gasteiger partial charge is 2.00 e. The van der Waals surface area contributed by atoms with Crippen molar-refractivity contribution in [1.29, 1.82) is 0 Å². The van der Waals surface area contributed by atoms with Crippen molar-refractivity contribution in [2.45, 2.75) is 79.1 Å². The number of hydrogen-bond acceptors (Lipinski definition) is 4. The summed E-state index contributed by atoms with van der Waals surface area (Å²) in [4.78, 5) is 28.5. The number of hydrogen-bond donors (Lipinski definition) is 0. The molecule has 0 unspecified atom stereocenters. The van der Waals surface area contributed by atoms with Crippen LogP contribution in [-0.4, -0.2) is 19.1 Å². The van der Waals surface area contributed by atoms with Crippen LogP contribution in [0.1, 0.15) is 101 Å². The van der Waals surface area contributed by atoms with Gasteiger partial charge in [-0.15, -0.1) is 0 Å². The van der Waals surface area contributed by atoms with E-state index in [2.05, 4.69) is 244 Å². The maximum Gasteiger partial charge on any atom is 2.00 e. The predicted molar refractivity (Wildman–Crippen MR) is 314 cm³/mol. The van der Waals surface area contributed by atoms with Crippen molar-refractivity contribution in [3.63, 3.8) is 0 Å². The van der Waals surface area contributed by atoms with E-state index in [0.29, 0.717) is 46.3 Å². The Hall–Kier alpha value is -8.26. The summed E-state index contributed by atoms with van der Waals surface area (Å²) in [5, 5.41) is 4.57. The second-order valence-corrected chi connectivity index (χ2v) is 20.8. The van der Waals surface area contributed by atoms with E-state index in [0.717, 1.165) is 55.3 Å². The fraction of sp³-hybridized carbons (Fsp3) is 0.176. The molecule has 0 aliphatic rings. The van der Waals surface area contributed by atoms with Crippen LogP contribution in [0, 0.1) is 0 Å². The van der Waals surface area contributed by atoms with Crippen LogP contribution in [-0.2, 0) is 19.5 Å². The minimum Gasteiger partial charge on any atom is -0.443 e. The average Bonchev–Trinajstić information content (AvgIpc) is 3.97. The van der Waals surface area contributed by atoms with Crippen molar-refractivity contribution in [3.8, 4) is 33.6 Å². The van der Waals surface area contributed by atoms with Crippen molar-refractivity contribution in [2.24, 2.45) is 9.98 Å². The molecule has 0 radical (unpaired) electrons. The number of nitrogens with zero attached hydrogens (tertiary/aromatic N) is 8. The van der Waals surface area contributed by atoms with Gasteiger partial charge in [0.1, 0.15) is 0 Å². The topological polar surface area (TPSA) is 88.6 Å². The zero-order chi connectivity index (χ0) is 52.5. The molecule has 0 saturated carbocycles. The van der Waals surface area contributed by atoms with Gasteiger partial charge in [0.25, 0.3) is 0 Å². The van der Waals surface area contributed by atoms with Crippen LogP contribution in [0.5, 0.6) is 0 Å². The van der Waals surface area contributed by atoms with E-state index in [1.165, 1.54) is 44.2 Å². The first kappa shape index (κ1) is 52.2. The van der Waals surface area contributed by atoms with Gasteiger partial charge in [0, 0.05) is 44.6 Å². The first-order chi connectivity index (χ1) is 37.0. The Morgan fingerprint density at radius 2 is 0.844 bits per heavy atom. The molecular formula is C68H62N8Zn. The fourth-order valence-electron chi connectivity index (χ4n) is 10.8. The van der Waals surface area contributed by atoms with Gasteiger partial charge >= 0.3 is 19.5 Å². The Morgan fingerprint density at radius 3 is 1.38 bits per heavy atom. The summed E-state index contributed by atoms with van der Waals surface area (Å²) in [6.45, 7) is 18.0. The number of para-hydroxylation sites is 4. The summed E-state index contributed by atoms with van der Waals surface area (Å²) >= 11 is 0. The maximum absolute atomic E-state index is 4.89. The van der Waals surface area contributed by atoms with Crippen LogP contribution >= 0.6 is 0 Å². The summed E-state index contributed by atoms with van der Waals surface area (Å²) in [5.41, 5.74) is 18.3. The average molecular weight is 1060 g/mol. The molecule has 0 amide bonds. The van der Waals surface area contributed by atoms with E-state index in [1.54, 1.807) is 0 Å². The molecule has 6 heterocycles. The summed E-state index contributed by atoms with van der Waals surface area (Å²) in [7, 11) is 0. The molecule has 0 spiro atoms. The molecule has 0 saturated heterocycles. The minimum atomic E-state index is 0. The van der Waals surface area contributed by atoms with Crippen LogP contribution < -0.4 is 20.9 Å². The SMILES string of the molecule is CC(C)c1cccc(C(C)C)c1-c1ccnc(N=c2cc(-c3c(C(C)C)cccc3C(C)C)cc[n-]2)c1.[Zn+2].c1ccc(-n2c3ccccc3c3cc(N=c4cc5c6ccccc6n(-c6ccccc6)c5c[n-]4)ncc32)cc1. The van der Waals surface area contributed by atoms with E-state index in [1.807, 2.05) is 36.9 Å². The number of aromatic nitrogens is 6. The number of rotatable bonds is 10. The van der Waals surface area contributed by atoms with Crippen molar-refractivity contribution in [3.05, 3.63) is 240 Å². The molecule has 0 N–H and O–H groups in total. The van der Waals surface area contributed by atoms with Crippen LogP contribution in [0.15, 0.2) is 217 Å². The van der Waals surface area contributed by atoms with Crippen LogP contribution in [0.25, 0.3) is 77.2 Å². The molecule has 0 aliphatic carbocycles. The van der Waals surface area contributed by atoms with Gasteiger partial charge in [0.15, 0.2) is 0 Å². The minimum absolute atomic E-state index is 0. The van der Waals surface area contributed by atoms with E-state index >= 15 is 0 Å². The van der Waals surface area contributed by atoms with Crippen molar-refractivity contribution in [2.75, 3.05) is 0 Å². The monoisotopic (exact) mass is 1050 g/mol. The van der Waals surface area contributed by atoms with Gasteiger partial charge in [-0.2, -0.15) is 0 Å². The number of fused-ring (bicyclic) bond motifs is 6. The van der Waals surface area contributed by atoms with Gasteiger partial charge in [0.2, 0.25) is 0 Å². The molecule has 12 aromatic rings. The normalized spacial score (nSPS) is 12.2. The van der Waals surface area contributed by atoms with E-state index in [4.69, 9.17) is 20.0 Å². The molecule has 376 valence electrons. The third-order valence-electron chi connectivity index (χ3n) is 14.4. The van der Waals surface area contributed by atoms with Crippen molar-refractivity contribution < 1.29 is 19.5 Å². The molecule has 12 rings (SSSR count). The molecular weight excluding hydrogens is 994 g/mol. The molecule has 0 atom stereocenters. The molecule has 6 aromatic heterocycles. The first-order valence-corrected chi connectivity index (χ1v) is 26.5. The Labute approximate surface area is 463 Å². The van der Waals surface area contributed by atoms with E-state index < -0.39 is 0 Å². The van der Waals surface area contributed by atoms with Gasteiger partial charge in [0.05, 0.1) is 34.4 Å². The predicted octanol–water partition coefficient (Wildman–Crippen LogP) is 16.6. The Bertz CT molecular complexity index is 4140. The Balaban J connectivity index is 0.000000173. The van der Waals surface area contributed by atoms with Gasteiger partial charge < -0.3 is 29.1 Å². The molecule has 9 heteroatoms. The molecule has 0 aliphatic heterocycles. The Kier molecular flexibility index (Phi) is 15.3. The van der Waals surface area contributed by atoms with Gasteiger partial charge in [-0.1, -0.05) is 206 Å². The van der Waals surface area contributed by atoms with E-state index in [9.17, 15) is 0 Å². The van der Waals surface area contributed by atoms with Crippen LogP contribution in [0.3, 0.4) is 0 Å². The summed E-state index contributed by atoms with van der Waals surface area (Å²) in [6, 6.07) is 63.6. The summed E-state index contributed by atoms with van der Waals surface area (Å²) in [5.74, 6) is 3.02. The summed E-state index contributed by atoms with van der Waals surface area (Å²) < 4.78 is 4.51. The summed E-state index contributed by atoms with van der Waals surface area (Å²) in [6.07, 6.45) is 7.57.